The maximum atomic E-state index is 11.1. The molecule has 0 fully saturated rings. The van der Waals surface area contributed by atoms with Crippen LogP contribution in [0.15, 0.2) is 78.9 Å². The van der Waals surface area contributed by atoms with Crippen LogP contribution in [0.3, 0.4) is 0 Å². The van der Waals surface area contributed by atoms with Crippen molar-refractivity contribution in [2.24, 2.45) is 5.73 Å². The van der Waals surface area contributed by atoms with E-state index < -0.39 is 11.6 Å². The van der Waals surface area contributed by atoms with Crippen LogP contribution in [0.4, 0.5) is 0 Å². The summed E-state index contributed by atoms with van der Waals surface area (Å²) in [6.07, 6.45) is 0.372. The van der Waals surface area contributed by atoms with E-state index in [-0.39, 0.29) is 13.4 Å². The molecule has 3 aromatic carbocycles. The number of ether oxygens (including phenoxy) is 3. The highest BCUT2D eigenvalue weighted by Gasteiger charge is 2.37. The van der Waals surface area contributed by atoms with E-state index in [1.807, 2.05) is 66.7 Å². The van der Waals surface area contributed by atoms with E-state index >= 15 is 0 Å². The lowest BCUT2D eigenvalue weighted by Crippen LogP contribution is -2.51. The van der Waals surface area contributed by atoms with Crippen molar-refractivity contribution in [1.29, 1.82) is 0 Å². The average molecular weight is 391 g/mol. The molecule has 3 aromatic rings. The maximum Gasteiger partial charge on any atom is 0.231 e. The smallest absolute Gasteiger partial charge is 0.231 e. The van der Waals surface area contributed by atoms with Crippen LogP contribution in [-0.4, -0.2) is 24.6 Å². The molecule has 0 amide bonds. The zero-order valence-electron chi connectivity index (χ0n) is 16.2. The van der Waals surface area contributed by atoms with Gasteiger partial charge in [-0.15, -0.1) is 0 Å². The van der Waals surface area contributed by atoms with Gasteiger partial charge in [-0.3, -0.25) is 0 Å². The molecule has 2 atom stereocenters. The largest absolute Gasteiger partial charge is 0.491 e. The Balaban J connectivity index is 1.57. The van der Waals surface area contributed by atoms with Crippen LogP contribution in [0.5, 0.6) is 17.2 Å². The van der Waals surface area contributed by atoms with E-state index in [0.717, 1.165) is 12.0 Å². The summed E-state index contributed by atoms with van der Waals surface area (Å²) in [7, 11) is 0. The van der Waals surface area contributed by atoms with E-state index in [1.54, 1.807) is 0 Å². The van der Waals surface area contributed by atoms with Crippen LogP contribution >= 0.6 is 0 Å². The second-order valence-corrected chi connectivity index (χ2v) is 7.23. The third-order valence-corrected chi connectivity index (χ3v) is 5.33. The lowest BCUT2D eigenvalue weighted by atomic mass is 9.80. The highest BCUT2D eigenvalue weighted by Crippen LogP contribution is 2.38. The van der Waals surface area contributed by atoms with Crippen molar-refractivity contribution in [3.05, 3.63) is 90.0 Å². The first-order valence-corrected chi connectivity index (χ1v) is 9.74. The molecule has 1 heterocycles. The van der Waals surface area contributed by atoms with Gasteiger partial charge in [0.15, 0.2) is 11.5 Å². The molecule has 1 aliphatic heterocycles. The minimum atomic E-state index is -1.01. The molecule has 2 unspecified atom stereocenters. The molecule has 4 rings (SSSR count). The second kappa shape index (κ2) is 8.55. The van der Waals surface area contributed by atoms with Crippen molar-refractivity contribution in [3.8, 4) is 17.2 Å². The molecule has 150 valence electrons. The summed E-state index contributed by atoms with van der Waals surface area (Å²) in [5.41, 5.74) is 7.79. The number of nitrogens with two attached hydrogens (primary N) is 1. The monoisotopic (exact) mass is 391 g/mol. The van der Waals surface area contributed by atoms with Crippen LogP contribution in [-0.2, 0) is 12.0 Å². The quantitative estimate of drug-likeness (QED) is 0.613. The van der Waals surface area contributed by atoms with Gasteiger partial charge in [0.05, 0.1) is 5.54 Å². The van der Waals surface area contributed by atoms with E-state index in [9.17, 15) is 5.11 Å². The maximum absolute atomic E-state index is 11.1. The first-order chi connectivity index (χ1) is 14.1. The van der Waals surface area contributed by atoms with Gasteiger partial charge in [-0.25, -0.2) is 0 Å². The number of hydrogen-bond donors (Lipinski definition) is 2. The number of aliphatic hydroxyl groups is 1. The molecule has 0 aromatic heterocycles. The summed E-state index contributed by atoms with van der Waals surface area (Å²) in [5.74, 6) is 2.03. The fraction of sp³-hybridized carbons (Fsp3) is 0.250. The molecule has 29 heavy (non-hydrogen) atoms. The normalized spacial score (nSPS) is 15.5. The zero-order valence-corrected chi connectivity index (χ0v) is 16.2. The summed E-state index contributed by atoms with van der Waals surface area (Å²) in [6, 6.07) is 25.1. The summed E-state index contributed by atoms with van der Waals surface area (Å²) in [6.45, 7) is 0.282. The summed E-state index contributed by atoms with van der Waals surface area (Å²) in [4.78, 5) is 0. The molecule has 0 spiro atoms. The number of benzene rings is 3. The number of fused-ring (bicyclic) bond motifs is 1. The predicted octanol–water partition coefficient (Wildman–Crippen LogP) is 3.64. The first-order valence-electron chi connectivity index (χ1n) is 9.74. The van der Waals surface area contributed by atoms with Crippen LogP contribution in [0, 0.1) is 0 Å². The van der Waals surface area contributed by atoms with Crippen molar-refractivity contribution in [2.45, 2.75) is 24.5 Å². The van der Waals surface area contributed by atoms with Crippen molar-refractivity contribution >= 4 is 0 Å². The van der Waals surface area contributed by atoms with Gasteiger partial charge in [0.1, 0.15) is 18.5 Å². The Kier molecular flexibility index (Phi) is 5.69. The Morgan fingerprint density at radius 1 is 0.931 bits per heavy atom. The lowest BCUT2D eigenvalue weighted by molar-refractivity contribution is 0.0333. The topological polar surface area (TPSA) is 73.9 Å². The summed E-state index contributed by atoms with van der Waals surface area (Å²) >= 11 is 0. The third kappa shape index (κ3) is 4.36. The van der Waals surface area contributed by atoms with Crippen LogP contribution in [0.25, 0.3) is 0 Å². The van der Waals surface area contributed by atoms with Gasteiger partial charge >= 0.3 is 0 Å². The van der Waals surface area contributed by atoms with Crippen LogP contribution in [0.1, 0.15) is 17.5 Å². The van der Waals surface area contributed by atoms with Gasteiger partial charge in [-0.2, -0.15) is 0 Å². The number of aliphatic hydroxyl groups excluding tert-OH is 1. The Morgan fingerprint density at radius 3 is 2.38 bits per heavy atom. The van der Waals surface area contributed by atoms with E-state index in [0.29, 0.717) is 23.7 Å². The number of para-hydroxylation sites is 1. The number of aryl methyl sites for hydroxylation is 1. The number of rotatable bonds is 8. The van der Waals surface area contributed by atoms with Crippen molar-refractivity contribution in [3.63, 3.8) is 0 Å². The standard InChI is InChI=1S/C24H25NO4/c25-24(14-13-18-7-3-1-4-8-18,19-11-12-21-22(15-19)29-17-28-21)23(26)16-27-20-9-5-2-6-10-20/h1-12,15,23,26H,13-14,16-17,25H2. The summed E-state index contributed by atoms with van der Waals surface area (Å²) in [5, 5.41) is 11.1. The molecule has 0 saturated carbocycles. The van der Waals surface area contributed by atoms with Gasteiger partial charge in [0, 0.05) is 0 Å². The Labute approximate surface area is 170 Å². The van der Waals surface area contributed by atoms with Gasteiger partial charge in [-0.05, 0) is 48.2 Å². The molecular formula is C24H25NO4. The Bertz CT molecular complexity index is 932. The molecular weight excluding hydrogens is 366 g/mol. The predicted molar refractivity (Wildman–Crippen MR) is 111 cm³/mol. The first kappa shape index (κ1) is 19.3. The van der Waals surface area contributed by atoms with Crippen molar-refractivity contribution in [2.75, 3.05) is 13.4 Å². The van der Waals surface area contributed by atoms with Crippen LogP contribution in [0.2, 0.25) is 0 Å². The molecule has 5 heteroatoms. The second-order valence-electron chi connectivity index (χ2n) is 7.23. The average Bonchev–Trinajstić information content (AvgIpc) is 3.25. The molecule has 0 radical (unpaired) electrons. The van der Waals surface area contributed by atoms with Gasteiger partial charge in [0.25, 0.3) is 0 Å². The van der Waals surface area contributed by atoms with E-state index in [4.69, 9.17) is 19.9 Å². The molecule has 5 nitrogen and oxygen atoms in total. The van der Waals surface area contributed by atoms with Gasteiger partial charge in [0.2, 0.25) is 6.79 Å². The van der Waals surface area contributed by atoms with Crippen molar-refractivity contribution < 1.29 is 19.3 Å². The Hall–Kier alpha value is -3.02. The van der Waals surface area contributed by atoms with Crippen molar-refractivity contribution in [1.82, 2.24) is 0 Å². The summed E-state index contributed by atoms with van der Waals surface area (Å²) < 4.78 is 16.7. The van der Waals surface area contributed by atoms with E-state index in [2.05, 4.69) is 12.1 Å². The highest BCUT2D eigenvalue weighted by atomic mass is 16.7. The van der Waals surface area contributed by atoms with Gasteiger partial charge in [-0.1, -0.05) is 54.6 Å². The zero-order chi connectivity index (χ0) is 20.1. The fourth-order valence-electron chi connectivity index (χ4n) is 3.53. The third-order valence-electron chi connectivity index (χ3n) is 5.33. The molecule has 0 bridgehead atoms. The van der Waals surface area contributed by atoms with Gasteiger partial charge < -0.3 is 25.1 Å². The molecule has 1 aliphatic rings. The minimum Gasteiger partial charge on any atom is -0.491 e. The minimum absolute atomic E-state index is 0.0870. The highest BCUT2D eigenvalue weighted by molar-refractivity contribution is 5.47. The Morgan fingerprint density at radius 2 is 1.62 bits per heavy atom. The van der Waals surface area contributed by atoms with Crippen LogP contribution < -0.4 is 19.9 Å². The SMILES string of the molecule is NC(CCc1ccccc1)(c1ccc2c(c1)OCO2)C(O)COc1ccccc1. The fourth-order valence-corrected chi connectivity index (χ4v) is 3.53. The molecule has 0 aliphatic carbocycles. The van der Waals surface area contributed by atoms with E-state index in [1.165, 1.54) is 5.56 Å². The molecule has 0 saturated heterocycles. The number of hydrogen-bond acceptors (Lipinski definition) is 5. The molecule has 3 N–H and O–H groups in total. The lowest BCUT2D eigenvalue weighted by Gasteiger charge is -2.35.